The lowest BCUT2D eigenvalue weighted by Crippen LogP contribution is -2.35. The smallest absolute Gasteiger partial charge is 0.303 e. The third-order valence-electron chi connectivity index (χ3n) is 7.20. The van der Waals surface area contributed by atoms with E-state index in [0.717, 1.165) is 22.4 Å². The molecule has 0 bridgehead atoms. The molecule has 5 rings (SSSR count). The second-order valence-corrected chi connectivity index (χ2v) is 12.1. The lowest BCUT2D eigenvalue weighted by Gasteiger charge is -2.22. The third kappa shape index (κ3) is 7.04. The van der Waals surface area contributed by atoms with E-state index in [0.29, 0.717) is 31.2 Å². The second kappa shape index (κ2) is 13.6. The highest BCUT2D eigenvalue weighted by Gasteiger charge is 2.35. The highest BCUT2D eigenvalue weighted by Crippen LogP contribution is 2.29. The molecule has 0 radical (unpaired) electrons. The van der Waals surface area contributed by atoms with Crippen molar-refractivity contribution in [2.24, 2.45) is 0 Å². The number of fused-ring (bicyclic) bond motifs is 1. The van der Waals surface area contributed by atoms with Crippen LogP contribution in [0.25, 0.3) is 0 Å². The Labute approximate surface area is 249 Å². The predicted octanol–water partition coefficient (Wildman–Crippen LogP) is 1.87. The summed E-state index contributed by atoms with van der Waals surface area (Å²) in [5, 5.41) is 2.73. The molecule has 0 atom stereocenters. The van der Waals surface area contributed by atoms with Crippen molar-refractivity contribution in [2.45, 2.75) is 32.5 Å². The minimum atomic E-state index is -3.83. The number of carbonyl (C=O) groups excluding carboxylic acids is 1. The van der Waals surface area contributed by atoms with Crippen molar-refractivity contribution in [1.29, 1.82) is 0 Å². The molecule has 43 heavy (non-hydrogen) atoms. The van der Waals surface area contributed by atoms with Gasteiger partial charge in [-0.1, -0.05) is 36.4 Å². The number of carbonyl (C=O) groups is 1. The maximum atomic E-state index is 14.2. The molecule has 2 aliphatic rings. The molecule has 0 spiro atoms. The minimum absolute atomic E-state index is 0.0272. The zero-order chi connectivity index (χ0) is 30.4. The molecule has 1 amide bonds. The fraction of sp³-hybridized carbons (Fsp3) is 0.414. The molecule has 3 heterocycles. The van der Waals surface area contributed by atoms with Gasteiger partial charge in [0.15, 0.2) is 5.69 Å². The number of halogens is 1. The molecule has 230 valence electrons. The Balaban J connectivity index is 1.46. The second-order valence-electron chi connectivity index (χ2n) is 10.1. The summed E-state index contributed by atoms with van der Waals surface area (Å²) in [6, 6.07) is 12.9. The van der Waals surface area contributed by atoms with Gasteiger partial charge < -0.3 is 19.5 Å². The predicted molar refractivity (Wildman–Crippen MR) is 156 cm³/mol. The van der Waals surface area contributed by atoms with E-state index in [2.05, 4.69) is 10.3 Å². The summed E-state index contributed by atoms with van der Waals surface area (Å²) in [5.74, 6) is -1.19. The van der Waals surface area contributed by atoms with E-state index < -0.39 is 27.5 Å². The average Bonchev–Trinajstić information content (AvgIpc) is 3.24. The fourth-order valence-electron chi connectivity index (χ4n) is 4.86. The Morgan fingerprint density at radius 2 is 1.81 bits per heavy atom. The summed E-state index contributed by atoms with van der Waals surface area (Å²) < 4.78 is 60.8. The van der Waals surface area contributed by atoms with E-state index in [1.54, 1.807) is 0 Å². The van der Waals surface area contributed by atoms with Gasteiger partial charge in [0.05, 0.1) is 25.4 Å². The molecule has 1 saturated heterocycles. The van der Waals surface area contributed by atoms with Crippen molar-refractivity contribution in [3.8, 4) is 5.75 Å². The van der Waals surface area contributed by atoms with Gasteiger partial charge in [-0.05, 0) is 29.7 Å². The Hall–Kier alpha value is -3.85. The van der Waals surface area contributed by atoms with Gasteiger partial charge in [-0.25, -0.2) is 9.37 Å². The number of amides is 1. The van der Waals surface area contributed by atoms with Crippen LogP contribution in [0.4, 0.5) is 10.1 Å². The Morgan fingerprint density at radius 3 is 2.56 bits per heavy atom. The highest BCUT2D eigenvalue weighted by atomic mass is 32.2. The van der Waals surface area contributed by atoms with Gasteiger partial charge >= 0.3 is 10.2 Å². The van der Waals surface area contributed by atoms with Gasteiger partial charge in [-0.3, -0.25) is 18.5 Å². The molecule has 0 aliphatic carbocycles. The molecule has 2 aliphatic heterocycles. The SMILES string of the molecule is CN1CCN(c2cc(F)ccc2CNC(=O)c2nc3n(c(=O)c2OCc2ccccc2)CCOCCCOCC3)S1(=O)=O. The summed E-state index contributed by atoms with van der Waals surface area (Å²) >= 11 is 0. The normalized spacial score (nSPS) is 17.6. The van der Waals surface area contributed by atoms with Gasteiger partial charge in [0.1, 0.15) is 18.2 Å². The van der Waals surface area contributed by atoms with Crippen molar-refractivity contribution < 1.29 is 31.8 Å². The Morgan fingerprint density at radius 1 is 1.05 bits per heavy atom. The fourth-order valence-corrected chi connectivity index (χ4v) is 6.24. The van der Waals surface area contributed by atoms with Crippen LogP contribution in [0.3, 0.4) is 0 Å². The maximum Gasteiger partial charge on any atom is 0.303 e. The zero-order valence-corrected chi connectivity index (χ0v) is 24.6. The van der Waals surface area contributed by atoms with Crippen LogP contribution in [0.15, 0.2) is 53.3 Å². The van der Waals surface area contributed by atoms with Gasteiger partial charge in [0.25, 0.3) is 11.5 Å². The quantitative estimate of drug-likeness (QED) is 0.426. The molecule has 1 N–H and O–H groups in total. The molecule has 2 aromatic carbocycles. The van der Waals surface area contributed by atoms with Crippen molar-refractivity contribution in [3.05, 3.63) is 87.3 Å². The molecule has 14 heteroatoms. The molecule has 0 unspecified atom stereocenters. The van der Waals surface area contributed by atoms with Crippen LogP contribution in [0.2, 0.25) is 0 Å². The standard InChI is InChI=1S/C29H34FN5O7S/c1-33-11-12-35(43(33,38)39)24-18-23(30)9-8-22(24)19-31-28(36)26-27(42-20-21-6-3-2-4-7-21)29(37)34-13-17-41-15-5-14-40-16-10-25(34)32-26/h2-4,6-9,18H,5,10-17,19-20H2,1H3,(H,31,36). The molecule has 12 nitrogen and oxygen atoms in total. The number of hydrogen-bond acceptors (Lipinski definition) is 8. The first kappa shape index (κ1) is 30.6. The van der Waals surface area contributed by atoms with Gasteiger partial charge in [-0.2, -0.15) is 12.7 Å². The number of benzene rings is 2. The monoisotopic (exact) mass is 615 g/mol. The molecule has 3 aromatic rings. The van der Waals surface area contributed by atoms with E-state index in [-0.39, 0.29) is 62.9 Å². The van der Waals surface area contributed by atoms with Gasteiger partial charge in [0, 0.05) is 46.3 Å². The molecular formula is C29H34FN5O7S. The van der Waals surface area contributed by atoms with Crippen LogP contribution in [-0.4, -0.2) is 74.7 Å². The third-order valence-corrected chi connectivity index (χ3v) is 9.11. The molecule has 1 fully saturated rings. The Kier molecular flexibility index (Phi) is 9.70. The summed E-state index contributed by atoms with van der Waals surface area (Å²) in [6.45, 7) is 2.05. The molecular weight excluding hydrogens is 581 g/mol. The van der Waals surface area contributed by atoms with Crippen LogP contribution in [-0.2, 0) is 45.8 Å². The maximum absolute atomic E-state index is 14.2. The topological polar surface area (TPSA) is 132 Å². The number of aromatic nitrogens is 2. The lowest BCUT2D eigenvalue weighted by molar-refractivity contribution is 0.0849. The first-order valence-electron chi connectivity index (χ1n) is 14.0. The van der Waals surface area contributed by atoms with Crippen LogP contribution < -0.4 is 19.9 Å². The van der Waals surface area contributed by atoms with Gasteiger partial charge in [-0.15, -0.1) is 0 Å². The average molecular weight is 616 g/mol. The number of ether oxygens (including phenoxy) is 3. The Bertz CT molecular complexity index is 1620. The van der Waals surface area contributed by atoms with Crippen molar-refractivity contribution in [1.82, 2.24) is 19.2 Å². The van der Waals surface area contributed by atoms with E-state index >= 15 is 0 Å². The summed E-state index contributed by atoms with van der Waals surface area (Å²) in [5.41, 5.74) is 0.553. The minimum Gasteiger partial charge on any atom is -0.481 e. The van der Waals surface area contributed by atoms with Gasteiger partial charge in [0.2, 0.25) is 5.75 Å². The van der Waals surface area contributed by atoms with E-state index in [4.69, 9.17) is 14.2 Å². The summed E-state index contributed by atoms with van der Waals surface area (Å²) in [4.78, 5) is 31.9. The zero-order valence-electron chi connectivity index (χ0n) is 23.8. The first-order valence-corrected chi connectivity index (χ1v) is 15.4. The van der Waals surface area contributed by atoms with E-state index in [9.17, 15) is 22.4 Å². The van der Waals surface area contributed by atoms with Crippen LogP contribution in [0.1, 0.15) is 33.9 Å². The summed E-state index contributed by atoms with van der Waals surface area (Å²) in [6.07, 6.45) is 1.01. The number of nitrogens with zero attached hydrogens (tertiary/aromatic N) is 4. The van der Waals surface area contributed by atoms with Crippen molar-refractivity contribution in [3.63, 3.8) is 0 Å². The van der Waals surface area contributed by atoms with Crippen molar-refractivity contribution >= 4 is 21.8 Å². The highest BCUT2D eigenvalue weighted by molar-refractivity contribution is 7.90. The van der Waals surface area contributed by atoms with Crippen molar-refractivity contribution in [2.75, 3.05) is 50.9 Å². The van der Waals surface area contributed by atoms with E-state index in [1.165, 1.54) is 28.1 Å². The van der Waals surface area contributed by atoms with E-state index in [1.807, 2.05) is 30.3 Å². The van der Waals surface area contributed by atoms with Crippen LogP contribution >= 0.6 is 0 Å². The van der Waals surface area contributed by atoms with Crippen LogP contribution in [0, 0.1) is 5.82 Å². The number of rotatable bonds is 7. The van der Waals surface area contributed by atoms with Crippen LogP contribution in [0.5, 0.6) is 5.75 Å². The number of hydrogen-bond donors (Lipinski definition) is 1. The number of anilines is 1. The lowest BCUT2D eigenvalue weighted by atomic mass is 10.1. The molecule has 0 saturated carbocycles. The number of nitrogens with one attached hydrogen (secondary N) is 1. The first-order chi connectivity index (χ1) is 20.8. The molecule has 1 aromatic heterocycles. The largest absolute Gasteiger partial charge is 0.481 e. The summed E-state index contributed by atoms with van der Waals surface area (Å²) in [7, 11) is -2.39. The number of likely N-dealkylation sites (N-methyl/N-ethyl adjacent to an activating group) is 1.